The predicted octanol–water partition coefficient (Wildman–Crippen LogP) is 3.57. The first-order valence-corrected chi connectivity index (χ1v) is 5.15. The molecule has 72 valence electrons. The Morgan fingerprint density at radius 3 is 2.93 bits per heavy atom. The third kappa shape index (κ3) is 1.91. The van der Waals surface area contributed by atoms with Gasteiger partial charge in [0, 0.05) is 6.07 Å². The highest BCUT2D eigenvalue weighted by Gasteiger charge is 2.03. The number of H-pyrrole nitrogens is 1. The van der Waals surface area contributed by atoms with Crippen molar-refractivity contribution in [3.63, 3.8) is 0 Å². The van der Waals surface area contributed by atoms with E-state index in [0.717, 1.165) is 16.0 Å². The Morgan fingerprint density at radius 1 is 1.36 bits per heavy atom. The van der Waals surface area contributed by atoms with Gasteiger partial charge < -0.3 is 5.32 Å². The topological polar surface area (TPSA) is 40.7 Å². The summed E-state index contributed by atoms with van der Waals surface area (Å²) in [5, 5.41) is 10.5. The highest BCUT2D eigenvalue weighted by atomic mass is 79.9. The fraction of sp³-hybridized carbons (Fsp3) is 0. The number of hydrogen-bond donors (Lipinski definition) is 2. The Kier molecular flexibility index (Phi) is 2.74. The summed E-state index contributed by atoms with van der Waals surface area (Å²) in [7, 11) is 0. The van der Waals surface area contributed by atoms with Gasteiger partial charge in [0.1, 0.15) is 5.82 Å². The third-order valence-corrected chi connectivity index (χ3v) is 3.12. The Labute approximate surface area is 94.6 Å². The average Bonchev–Trinajstić information content (AvgIpc) is 2.66. The third-order valence-electron chi connectivity index (χ3n) is 1.72. The Balaban J connectivity index is 2.29. The molecule has 0 aliphatic carbocycles. The zero-order valence-electron chi connectivity index (χ0n) is 7.09. The lowest BCUT2D eigenvalue weighted by Gasteiger charge is -2.06. The first kappa shape index (κ1) is 9.55. The first-order chi connectivity index (χ1) is 6.77. The van der Waals surface area contributed by atoms with Crippen molar-refractivity contribution < 1.29 is 0 Å². The number of nitrogens with zero attached hydrogens (tertiary/aromatic N) is 1. The van der Waals surface area contributed by atoms with Gasteiger partial charge in [0.2, 0.25) is 0 Å². The van der Waals surface area contributed by atoms with Crippen LogP contribution in [0, 0.1) is 0 Å². The molecule has 5 heteroatoms. The monoisotopic (exact) mass is 271 g/mol. The van der Waals surface area contributed by atoms with Crippen LogP contribution in [0.1, 0.15) is 0 Å². The van der Waals surface area contributed by atoms with Crippen molar-refractivity contribution in [3.05, 3.63) is 40.0 Å². The molecule has 0 saturated carbocycles. The number of anilines is 2. The molecule has 2 aromatic rings. The van der Waals surface area contributed by atoms with Gasteiger partial charge in [-0.3, -0.25) is 5.10 Å². The molecule has 0 radical (unpaired) electrons. The number of rotatable bonds is 2. The minimum Gasteiger partial charge on any atom is -0.340 e. The van der Waals surface area contributed by atoms with Crippen LogP contribution in [-0.4, -0.2) is 10.2 Å². The maximum absolute atomic E-state index is 5.94. The van der Waals surface area contributed by atoms with Crippen LogP contribution < -0.4 is 5.32 Å². The van der Waals surface area contributed by atoms with Gasteiger partial charge in [-0.1, -0.05) is 17.7 Å². The molecule has 0 saturated heterocycles. The van der Waals surface area contributed by atoms with Crippen molar-refractivity contribution >= 4 is 39.0 Å². The minimum absolute atomic E-state index is 0.675. The van der Waals surface area contributed by atoms with E-state index in [1.54, 1.807) is 6.20 Å². The molecule has 0 unspecified atom stereocenters. The Bertz CT molecular complexity index is 428. The summed E-state index contributed by atoms with van der Waals surface area (Å²) >= 11 is 9.34. The number of aromatic nitrogens is 2. The fourth-order valence-corrected chi connectivity index (χ4v) is 1.61. The molecule has 1 aromatic heterocycles. The molecule has 1 heterocycles. The van der Waals surface area contributed by atoms with Crippen LogP contribution in [-0.2, 0) is 0 Å². The second-order valence-electron chi connectivity index (χ2n) is 2.70. The maximum atomic E-state index is 5.94. The van der Waals surface area contributed by atoms with Gasteiger partial charge in [0.15, 0.2) is 0 Å². The lowest BCUT2D eigenvalue weighted by atomic mass is 10.3. The highest BCUT2D eigenvalue weighted by molar-refractivity contribution is 9.10. The van der Waals surface area contributed by atoms with Crippen molar-refractivity contribution in [3.8, 4) is 0 Å². The summed E-state index contributed by atoms with van der Waals surface area (Å²) in [6.45, 7) is 0. The molecular weight excluding hydrogens is 265 g/mol. The van der Waals surface area contributed by atoms with Gasteiger partial charge in [-0.15, -0.1) is 0 Å². The van der Waals surface area contributed by atoms with E-state index in [0.29, 0.717) is 5.02 Å². The zero-order valence-corrected chi connectivity index (χ0v) is 9.43. The molecule has 0 bridgehead atoms. The molecule has 1 aromatic carbocycles. The van der Waals surface area contributed by atoms with Crippen LogP contribution in [0.4, 0.5) is 11.5 Å². The smallest absolute Gasteiger partial charge is 0.125 e. The summed E-state index contributed by atoms with van der Waals surface area (Å²) in [4.78, 5) is 0. The molecular formula is C9H7BrClN3. The lowest BCUT2D eigenvalue weighted by molar-refractivity contribution is 1.09. The molecule has 14 heavy (non-hydrogen) atoms. The average molecular weight is 273 g/mol. The lowest BCUT2D eigenvalue weighted by Crippen LogP contribution is -1.91. The van der Waals surface area contributed by atoms with Crippen molar-refractivity contribution in [2.24, 2.45) is 0 Å². The molecule has 3 nitrogen and oxygen atoms in total. The molecule has 2 rings (SSSR count). The summed E-state index contributed by atoms with van der Waals surface area (Å²) < 4.78 is 0.844. The standard InChI is InChI=1S/C9H7BrClN3/c10-9-6(11)2-1-3-7(9)13-8-4-5-12-14-8/h1-5H,(H2,12,13,14). The van der Waals surface area contributed by atoms with Crippen LogP contribution in [0.5, 0.6) is 0 Å². The number of halogens is 2. The van der Waals surface area contributed by atoms with E-state index < -0.39 is 0 Å². The van der Waals surface area contributed by atoms with Gasteiger partial charge in [-0.25, -0.2) is 0 Å². The van der Waals surface area contributed by atoms with Crippen LogP contribution in [0.3, 0.4) is 0 Å². The normalized spacial score (nSPS) is 10.1. The molecule has 2 N–H and O–H groups in total. The maximum Gasteiger partial charge on any atom is 0.125 e. The van der Waals surface area contributed by atoms with Crippen LogP contribution in [0.25, 0.3) is 0 Å². The summed E-state index contributed by atoms with van der Waals surface area (Å²) in [6.07, 6.45) is 1.68. The highest BCUT2D eigenvalue weighted by Crippen LogP contribution is 2.31. The quantitative estimate of drug-likeness (QED) is 0.877. The molecule has 0 aliphatic rings. The van der Waals surface area contributed by atoms with E-state index >= 15 is 0 Å². The Hall–Kier alpha value is -1.00. The summed E-state index contributed by atoms with van der Waals surface area (Å²) in [6, 6.07) is 7.47. The van der Waals surface area contributed by atoms with E-state index in [4.69, 9.17) is 11.6 Å². The number of hydrogen-bond acceptors (Lipinski definition) is 2. The predicted molar refractivity (Wildman–Crippen MR) is 61.0 cm³/mol. The number of benzene rings is 1. The second kappa shape index (κ2) is 4.02. The van der Waals surface area contributed by atoms with Crippen molar-refractivity contribution in [1.82, 2.24) is 10.2 Å². The molecule has 0 aliphatic heterocycles. The van der Waals surface area contributed by atoms with Gasteiger partial charge in [0.05, 0.1) is 21.4 Å². The van der Waals surface area contributed by atoms with Crippen LogP contribution >= 0.6 is 27.5 Å². The van der Waals surface area contributed by atoms with E-state index in [1.165, 1.54) is 0 Å². The molecule has 0 spiro atoms. The van der Waals surface area contributed by atoms with Crippen molar-refractivity contribution in [2.75, 3.05) is 5.32 Å². The van der Waals surface area contributed by atoms with Crippen molar-refractivity contribution in [2.45, 2.75) is 0 Å². The fourth-order valence-electron chi connectivity index (χ4n) is 1.07. The Morgan fingerprint density at radius 2 is 2.21 bits per heavy atom. The van der Waals surface area contributed by atoms with Crippen molar-refractivity contribution in [1.29, 1.82) is 0 Å². The number of aromatic amines is 1. The zero-order chi connectivity index (χ0) is 9.97. The largest absolute Gasteiger partial charge is 0.340 e. The molecule has 0 amide bonds. The number of nitrogens with one attached hydrogen (secondary N) is 2. The first-order valence-electron chi connectivity index (χ1n) is 3.98. The van der Waals surface area contributed by atoms with Gasteiger partial charge in [-0.05, 0) is 28.1 Å². The van der Waals surface area contributed by atoms with E-state index in [2.05, 4.69) is 31.4 Å². The van der Waals surface area contributed by atoms with E-state index in [1.807, 2.05) is 24.3 Å². The van der Waals surface area contributed by atoms with Gasteiger partial charge >= 0.3 is 0 Å². The van der Waals surface area contributed by atoms with Gasteiger partial charge in [-0.2, -0.15) is 5.10 Å². The van der Waals surface area contributed by atoms with Crippen LogP contribution in [0.2, 0.25) is 5.02 Å². The van der Waals surface area contributed by atoms with Crippen LogP contribution in [0.15, 0.2) is 34.9 Å². The molecule has 0 fully saturated rings. The minimum atomic E-state index is 0.675. The van der Waals surface area contributed by atoms with E-state index in [9.17, 15) is 0 Å². The summed E-state index contributed by atoms with van der Waals surface area (Å²) in [5.41, 5.74) is 0.904. The SMILES string of the molecule is Clc1cccc(Nc2ccn[nH]2)c1Br. The second-order valence-corrected chi connectivity index (χ2v) is 3.90. The summed E-state index contributed by atoms with van der Waals surface area (Å²) in [5.74, 6) is 0.827. The molecule has 0 atom stereocenters. The van der Waals surface area contributed by atoms with E-state index in [-0.39, 0.29) is 0 Å². The van der Waals surface area contributed by atoms with Gasteiger partial charge in [0.25, 0.3) is 0 Å².